The SMILES string of the molecule is COc1ccc(CC(=O)c2cc(C)cc(F)c2)cc1OC. The average molecular weight is 288 g/mol. The van der Waals surface area contributed by atoms with Gasteiger partial charge in [0, 0.05) is 12.0 Å². The number of benzene rings is 2. The number of aryl methyl sites for hydroxylation is 1. The maximum Gasteiger partial charge on any atom is 0.167 e. The van der Waals surface area contributed by atoms with Gasteiger partial charge in [0.15, 0.2) is 17.3 Å². The number of rotatable bonds is 5. The Labute approximate surface area is 123 Å². The third kappa shape index (κ3) is 3.60. The lowest BCUT2D eigenvalue weighted by Gasteiger charge is -2.09. The number of carbonyl (C=O) groups excluding carboxylic acids is 1. The molecule has 0 aliphatic heterocycles. The van der Waals surface area contributed by atoms with E-state index in [4.69, 9.17) is 9.47 Å². The van der Waals surface area contributed by atoms with Gasteiger partial charge in [0.1, 0.15) is 5.82 Å². The molecule has 0 saturated carbocycles. The summed E-state index contributed by atoms with van der Waals surface area (Å²) in [7, 11) is 3.09. The summed E-state index contributed by atoms with van der Waals surface area (Å²) in [4.78, 5) is 12.2. The number of Topliss-reactive ketones (excluding diaryl/α,β-unsaturated/α-hetero) is 1. The Balaban J connectivity index is 2.23. The molecule has 0 unspecified atom stereocenters. The van der Waals surface area contributed by atoms with Crippen molar-refractivity contribution >= 4 is 5.78 Å². The molecule has 110 valence electrons. The van der Waals surface area contributed by atoms with E-state index in [0.717, 1.165) is 11.1 Å². The molecule has 0 atom stereocenters. The molecule has 4 heteroatoms. The van der Waals surface area contributed by atoms with Gasteiger partial charge in [-0.15, -0.1) is 0 Å². The van der Waals surface area contributed by atoms with Gasteiger partial charge < -0.3 is 9.47 Å². The Morgan fingerprint density at radius 3 is 2.38 bits per heavy atom. The monoisotopic (exact) mass is 288 g/mol. The highest BCUT2D eigenvalue weighted by Crippen LogP contribution is 2.28. The highest BCUT2D eigenvalue weighted by molar-refractivity contribution is 5.97. The lowest BCUT2D eigenvalue weighted by atomic mass is 10.0. The van der Waals surface area contributed by atoms with E-state index in [1.54, 1.807) is 45.4 Å². The van der Waals surface area contributed by atoms with Crippen molar-refractivity contribution < 1.29 is 18.7 Å². The molecule has 0 fully saturated rings. The van der Waals surface area contributed by atoms with Crippen LogP contribution in [0.5, 0.6) is 11.5 Å². The molecule has 21 heavy (non-hydrogen) atoms. The molecular formula is C17H17FO3. The van der Waals surface area contributed by atoms with Gasteiger partial charge in [0.25, 0.3) is 0 Å². The molecule has 0 saturated heterocycles. The molecule has 0 aliphatic rings. The van der Waals surface area contributed by atoms with E-state index in [0.29, 0.717) is 17.1 Å². The summed E-state index contributed by atoms with van der Waals surface area (Å²) in [5.74, 6) is 0.643. The fraction of sp³-hybridized carbons (Fsp3) is 0.235. The third-order valence-electron chi connectivity index (χ3n) is 3.18. The number of methoxy groups -OCH3 is 2. The zero-order valence-corrected chi connectivity index (χ0v) is 12.3. The van der Waals surface area contributed by atoms with Gasteiger partial charge in [-0.3, -0.25) is 4.79 Å². The predicted octanol–water partition coefficient (Wildman–Crippen LogP) is 3.58. The highest BCUT2D eigenvalue weighted by Gasteiger charge is 2.11. The topological polar surface area (TPSA) is 35.5 Å². The smallest absolute Gasteiger partial charge is 0.167 e. The van der Waals surface area contributed by atoms with Crippen molar-refractivity contribution in [1.82, 2.24) is 0 Å². The first kappa shape index (κ1) is 15.0. The normalized spacial score (nSPS) is 10.3. The lowest BCUT2D eigenvalue weighted by molar-refractivity contribution is 0.0992. The van der Waals surface area contributed by atoms with Crippen LogP contribution in [-0.4, -0.2) is 20.0 Å². The van der Waals surface area contributed by atoms with E-state index in [2.05, 4.69) is 0 Å². The Bertz CT molecular complexity index is 645. The number of halogens is 1. The summed E-state index contributed by atoms with van der Waals surface area (Å²) in [6, 6.07) is 9.64. The maximum atomic E-state index is 13.4. The van der Waals surface area contributed by atoms with Crippen LogP contribution >= 0.6 is 0 Å². The zero-order valence-electron chi connectivity index (χ0n) is 12.3. The van der Waals surface area contributed by atoms with Crippen LogP contribution in [0.2, 0.25) is 0 Å². The Morgan fingerprint density at radius 1 is 1.05 bits per heavy atom. The Morgan fingerprint density at radius 2 is 1.76 bits per heavy atom. The van der Waals surface area contributed by atoms with Gasteiger partial charge in [-0.1, -0.05) is 6.07 Å². The molecule has 0 bridgehead atoms. The van der Waals surface area contributed by atoms with E-state index in [-0.39, 0.29) is 12.2 Å². The van der Waals surface area contributed by atoms with E-state index in [1.807, 2.05) is 0 Å². The Kier molecular flexibility index (Phi) is 4.58. The van der Waals surface area contributed by atoms with Crippen LogP contribution in [-0.2, 0) is 6.42 Å². The molecule has 2 aromatic rings. The van der Waals surface area contributed by atoms with Gasteiger partial charge in [-0.2, -0.15) is 0 Å². The van der Waals surface area contributed by atoms with E-state index in [1.165, 1.54) is 12.1 Å². The molecule has 0 spiro atoms. The van der Waals surface area contributed by atoms with Gasteiger partial charge in [-0.05, 0) is 48.4 Å². The third-order valence-corrected chi connectivity index (χ3v) is 3.18. The van der Waals surface area contributed by atoms with Crippen LogP contribution in [0.4, 0.5) is 4.39 Å². The highest BCUT2D eigenvalue weighted by atomic mass is 19.1. The molecule has 0 radical (unpaired) electrons. The molecule has 0 aromatic heterocycles. The van der Waals surface area contributed by atoms with Crippen molar-refractivity contribution in [2.24, 2.45) is 0 Å². The first-order valence-corrected chi connectivity index (χ1v) is 6.55. The molecule has 0 N–H and O–H groups in total. The van der Waals surface area contributed by atoms with Crippen LogP contribution < -0.4 is 9.47 Å². The summed E-state index contributed by atoms with van der Waals surface area (Å²) < 4.78 is 23.7. The minimum Gasteiger partial charge on any atom is -0.493 e. The van der Waals surface area contributed by atoms with Crippen LogP contribution in [0.25, 0.3) is 0 Å². The molecule has 2 aromatic carbocycles. The minimum atomic E-state index is -0.398. The average Bonchev–Trinajstić information content (AvgIpc) is 2.46. The van der Waals surface area contributed by atoms with Crippen molar-refractivity contribution in [3.05, 3.63) is 58.9 Å². The number of ether oxygens (including phenoxy) is 2. The molecule has 0 amide bonds. The number of carbonyl (C=O) groups is 1. The molecule has 3 nitrogen and oxygen atoms in total. The summed E-state index contributed by atoms with van der Waals surface area (Å²) >= 11 is 0. The molecular weight excluding hydrogens is 271 g/mol. The van der Waals surface area contributed by atoms with E-state index in [9.17, 15) is 9.18 Å². The molecule has 2 rings (SSSR count). The first-order chi connectivity index (χ1) is 10.0. The fourth-order valence-corrected chi connectivity index (χ4v) is 2.18. The summed E-state index contributed by atoms with van der Waals surface area (Å²) in [5, 5.41) is 0. The standard InChI is InChI=1S/C17H17FO3/c1-11-6-13(10-14(18)7-11)15(19)8-12-4-5-16(20-2)17(9-12)21-3/h4-7,9-10H,8H2,1-3H3. The lowest BCUT2D eigenvalue weighted by Crippen LogP contribution is -2.05. The largest absolute Gasteiger partial charge is 0.493 e. The number of ketones is 1. The van der Waals surface area contributed by atoms with Crippen molar-refractivity contribution in [3.63, 3.8) is 0 Å². The van der Waals surface area contributed by atoms with Crippen molar-refractivity contribution in [2.75, 3.05) is 14.2 Å². The fourth-order valence-electron chi connectivity index (χ4n) is 2.18. The summed E-state index contributed by atoms with van der Waals surface area (Å²) in [6.07, 6.45) is 0.184. The zero-order chi connectivity index (χ0) is 15.4. The van der Waals surface area contributed by atoms with Crippen molar-refractivity contribution in [3.8, 4) is 11.5 Å². The predicted molar refractivity (Wildman–Crippen MR) is 78.7 cm³/mol. The van der Waals surface area contributed by atoms with Gasteiger partial charge >= 0.3 is 0 Å². The van der Waals surface area contributed by atoms with E-state index >= 15 is 0 Å². The maximum absolute atomic E-state index is 13.4. The number of hydrogen-bond donors (Lipinski definition) is 0. The number of hydrogen-bond acceptors (Lipinski definition) is 3. The Hall–Kier alpha value is -2.36. The van der Waals surface area contributed by atoms with Crippen LogP contribution in [0.15, 0.2) is 36.4 Å². The minimum absolute atomic E-state index is 0.134. The molecule has 0 heterocycles. The quantitative estimate of drug-likeness (QED) is 0.789. The second kappa shape index (κ2) is 6.39. The van der Waals surface area contributed by atoms with Gasteiger partial charge in [0.2, 0.25) is 0 Å². The van der Waals surface area contributed by atoms with Gasteiger partial charge in [-0.25, -0.2) is 4.39 Å². The van der Waals surface area contributed by atoms with Crippen LogP contribution in [0.1, 0.15) is 21.5 Å². The first-order valence-electron chi connectivity index (χ1n) is 6.55. The van der Waals surface area contributed by atoms with Crippen molar-refractivity contribution in [1.29, 1.82) is 0 Å². The van der Waals surface area contributed by atoms with Crippen LogP contribution in [0.3, 0.4) is 0 Å². The molecule has 0 aliphatic carbocycles. The van der Waals surface area contributed by atoms with Crippen LogP contribution in [0, 0.1) is 12.7 Å². The second-order valence-corrected chi connectivity index (χ2v) is 4.81. The van der Waals surface area contributed by atoms with E-state index < -0.39 is 5.82 Å². The summed E-state index contributed by atoms with van der Waals surface area (Å²) in [6.45, 7) is 1.76. The van der Waals surface area contributed by atoms with Gasteiger partial charge in [0.05, 0.1) is 14.2 Å². The summed E-state index contributed by atoms with van der Waals surface area (Å²) in [5.41, 5.74) is 1.90. The van der Waals surface area contributed by atoms with Crippen molar-refractivity contribution in [2.45, 2.75) is 13.3 Å². The second-order valence-electron chi connectivity index (χ2n) is 4.81.